The molecule has 0 saturated heterocycles. The minimum atomic E-state index is -4.61. The van der Waals surface area contributed by atoms with Crippen molar-refractivity contribution >= 4 is 17.6 Å². The van der Waals surface area contributed by atoms with Crippen molar-refractivity contribution in [2.24, 2.45) is 5.41 Å². The number of carboxylic acid groups (broad SMARTS) is 1. The number of fused-ring (bicyclic) bond motifs is 2. The number of halogens is 3. The molecule has 1 aliphatic heterocycles. The van der Waals surface area contributed by atoms with Gasteiger partial charge in [0.1, 0.15) is 5.69 Å². The number of hydrogen-bond acceptors (Lipinski definition) is 2. The maximum absolute atomic E-state index is 14.5. The molecular formula is C28H23F3N2O3. The summed E-state index contributed by atoms with van der Waals surface area (Å²) in [6, 6.07) is 18.6. The number of alkyl halides is 3. The number of rotatable bonds is 3. The van der Waals surface area contributed by atoms with Gasteiger partial charge in [0.2, 0.25) is 0 Å². The van der Waals surface area contributed by atoms with Crippen molar-refractivity contribution in [3.8, 4) is 0 Å². The average Bonchev–Trinajstić information content (AvgIpc) is 3.17. The molecule has 1 aromatic heterocycles. The van der Waals surface area contributed by atoms with Gasteiger partial charge in [-0.3, -0.25) is 4.79 Å². The second kappa shape index (κ2) is 8.55. The van der Waals surface area contributed by atoms with Crippen LogP contribution >= 0.6 is 0 Å². The lowest BCUT2D eigenvalue weighted by atomic mass is 9.69. The number of nitrogens with zero attached hydrogens (tertiary/aromatic N) is 2. The maximum Gasteiger partial charge on any atom is 0.398 e. The van der Waals surface area contributed by atoms with Crippen molar-refractivity contribution in [1.82, 2.24) is 4.57 Å². The van der Waals surface area contributed by atoms with Crippen LogP contribution < -0.4 is 4.90 Å². The molecule has 1 aliphatic carbocycles. The molecule has 2 aromatic carbocycles. The molecule has 0 spiro atoms. The molecular weight excluding hydrogens is 469 g/mol. The van der Waals surface area contributed by atoms with Crippen LogP contribution in [0, 0.1) is 5.41 Å². The van der Waals surface area contributed by atoms with E-state index in [0.717, 1.165) is 13.0 Å². The predicted molar refractivity (Wildman–Crippen MR) is 129 cm³/mol. The molecule has 2 atom stereocenters. The van der Waals surface area contributed by atoms with Crippen molar-refractivity contribution in [3.05, 3.63) is 113 Å². The molecule has 1 amide bonds. The van der Waals surface area contributed by atoms with Crippen molar-refractivity contribution in [2.45, 2.75) is 32.1 Å². The summed E-state index contributed by atoms with van der Waals surface area (Å²) >= 11 is 0. The van der Waals surface area contributed by atoms with Gasteiger partial charge < -0.3 is 14.6 Å². The second-order valence-electron chi connectivity index (χ2n) is 9.25. The zero-order chi connectivity index (χ0) is 25.7. The van der Waals surface area contributed by atoms with E-state index in [2.05, 4.69) is 0 Å². The molecule has 0 radical (unpaired) electrons. The number of para-hydroxylation sites is 1. The summed E-state index contributed by atoms with van der Waals surface area (Å²) < 4.78 is 45.0. The van der Waals surface area contributed by atoms with E-state index in [-0.39, 0.29) is 24.4 Å². The normalized spacial score (nSPS) is 21.3. The lowest BCUT2D eigenvalue weighted by Gasteiger charge is -2.38. The fourth-order valence-electron chi connectivity index (χ4n) is 5.05. The van der Waals surface area contributed by atoms with Gasteiger partial charge >= 0.3 is 12.1 Å². The summed E-state index contributed by atoms with van der Waals surface area (Å²) in [6.07, 6.45) is -0.665. The third kappa shape index (κ3) is 3.82. The number of aromatic carboxylic acids is 1. The molecule has 3 aromatic rings. The maximum atomic E-state index is 14.5. The first-order valence-corrected chi connectivity index (χ1v) is 11.4. The number of aromatic nitrogens is 1. The summed E-state index contributed by atoms with van der Waals surface area (Å²) in [5.74, 6) is -2.65. The van der Waals surface area contributed by atoms with E-state index < -0.39 is 29.4 Å². The Balaban J connectivity index is 1.58. The minimum absolute atomic E-state index is 0.0269. The largest absolute Gasteiger partial charge is 0.477 e. The van der Waals surface area contributed by atoms with Crippen LogP contribution in [0.3, 0.4) is 0 Å². The summed E-state index contributed by atoms with van der Waals surface area (Å²) in [4.78, 5) is 26.9. The number of amides is 1. The number of carbonyl (C=O) groups is 2. The van der Waals surface area contributed by atoms with Crippen molar-refractivity contribution < 1.29 is 27.9 Å². The highest BCUT2D eigenvalue weighted by molar-refractivity contribution is 6.08. The third-order valence-electron chi connectivity index (χ3n) is 7.05. The van der Waals surface area contributed by atoms with E-state index in [4.69, 9.17) is 0 Å². The lowest BCUT2D eigenvalue weighted by Crippen LogP contribution is -2.41. The topological polar surface area (TPSA) is 62.5 Å². The van der Waals surface area contributed by atoms with Crippen LogP contribution in [0.4, 0.5) is 18.9 Å². The van der Waals surface area contributed by atoms with Gasteiger partial charge in [-0.25, -0.2) is 4.79 Å². The first kappa shape index (κ1) is 23.7. The van der Waals surface area contributed by atoms with Gasteiger partial charge in [-0.1, -0.05) is 66.8 Å². The fraction of sp³-hybridized carbons (Fsp3) is 0.214. The Morgan fingerprint density at radius 2 is 1.67 bits per heavy atom. The van der Waals surface area contributed by atoms with E-state index in [1.807, 2.05) is 0 Å². The van der Waals surface area contributed by atoms with Crippen molar-refractivity contribution in [2.75, 3.05) is 4.90 Å². The number of carbonyl (C=O) groups excluding carboxylic acids is 1. The molecule has 184 valence electrons. The highest BCUT2D eigenvalue weighted by Crippen LogP contribution is 2.52. The Morgan fingerprint density at radius 3 is 2.36 bits per heavy atom. The first-order chi connectivity index (χ1) is 17.1. The van der Waals surface area contributed by atoms with Crippen molar-refractivity contribution in [1.29, 1.82) is 0 Å². The monoisotopic (exact) mass is 492 g/mol. The van der Waals surface area contributed by atoms with Crippen LogP contribution in [0.5, 0.6) is 0 Å². The van der Waals surface area contributed by atoms with E-state index >= 15 is 0 Å². The van der Waals surface area contributed by atoms with E-state index in [1.54, 1.807) is 65.2 Å². The Bertz CT molecular complexity index is 1400. The molecule has 1 N–H and O–H groups in total. The van der Waals surface area contributed by atoms with Gasteiger partial charge in [-0.15, -0.1) is 0 Å². The molecule has 8 heteroatoms. The quantitative estimate of drug-likeness (QED) is 0.493. The molecule has 0 fully saturated rings. The molecule has 0 bridgehead atoms. The van der Waals surface area contributed by atoms with Crippen LogP contribution in [0.25, 0.3) is 0 Å². The van der Waals surface area contributed by atoms with E-state index in [0.29, 0.717) is 22.5 Å². The van der Waals surface area contributed by atoms with Gasteiger partial charge in [0, 0.05) is 22.9 Å². The summed E-state index contributed by atoms with van der Waals surface area (Å²) in [7, 11) is 0. The lowest BCUT2D eigenvalue weighted by molar-refractivity contribution is -0.204. The predicted octanol–water partition coefficient (Wildman–Crippen LogP) is 5.93. The van der Waals surface area contributed by atoms with Gasteiger partial charge in [0.25, 0.3) is 5.91 Å². The highest BCUT2D eigenvalue weighted by Gasteiger charge is 2.55. The van der Waals surface area contributed by atoms with Crippen LogP contribution in [0.2, 0.25) is 0 Å². The summed E-state index contributed by atoms with van der Waals surface area (Å²) in [5, 5.41) is 9.57. The SMILES string of the molecule is CC1(C(F)(F)F)C=C(C(=O)N2Cc3ccc(C(=O)O)n3Cc3ccccc32)C=CC1c1ccccc1. The van der Waals surface area contributed by atoms with Crippen LogP contribution in [0.15, 0.2) is 90.5 Å². The van der Waals surface area contributed by atoms with Gasteiger partial charge in [0.05, 0.1) is 18.5 Å². The molecule has 2 heterocycles. The zero-order valence-corrected chi connectivity index (χ0v) is 19.4. The fourth-order valence-corrected chi connectivity index (χ4v) is 5.05. The molecule has 5 rings (SSSR count). The standard InChI is InChI=1S/C28H23F3N2O3/c1-27(28(29,30)31)15-19(11-13-22(27)18-7-3-2-4-8-18)25(34)33-17-21-12-14-24(26(35)36)32(21)16-20-9-5-6-10-23(20)33/h2-15,22H,16-17H2,1H3,(H,35,36). The van der Waals surface area contributed by atoms with Gasteiger partial charge in [0.15, 0.2) is 0 Å². The smallest absolute Gasteiger partial charge is 0.398 e. The van der Waals surface area contributed by atoms with Crippen molar-refractivity contribution in [3.63, 3.8) is 0 Å². The number of anilines is 1. The third-order valence-corrected chi connectivity index (χ3v) is 7.05. The highest BCUT2D eigenvalue weighted by atomic mass is 19.4. The zero-order valence-electron chi connectivity index (χ0n) is 19.4. The minimum Gasteiger partial charge on any atom is -0.477 e. The molecule has 5 nitrogen and oxygen atoms in total. The van der Waals surface area contributed by atoms with E-state index in [9.17, 15) is 27.9 Å². The molecule has 0 saturated carbocycles. The number of carboxylic acids is 1. The Labute approximate surface area is 205 Å². The summed E-state index contributed by atoms with van der Waals surface area (Å²) in [5.41, 5.74) is 0.0566. The first-order valence-electron chi connectivity index (χ1n) is 11.4. The Kier molecular flexibility index (Phi) is 5.62. The summed E-state index contributed by atoms with van der Waals surface area (Å²) in [6.45, 7) is 1.37. The molecule has 2 aliphatic rings. The Hall–Kier alpha value is -4.07. The van der Waals surface area contributed by atoms with Crippen LogP contribution in [-0.2, 0) is 17.9 Å². The van der Waals surface area contributed by atoms with Crippen LogP contribution in [-0.4, -0.2) is 27.7 Å². The number of allylic oxidation sites excluding steroid dienone is 2. The Morgan fingerprint density at radius 1 is 0.972 bits per heavy atom. The van der Waals surface area contributed by atoms with Gasteiger partial charge in [-0.05, 0) is 36.2 Å². The molecule has 36 heavy (non-hydrogen) atoms. The second-order valence-corrected chi connectivity index (χ2v) is 9.25. The number of hydrogen-bond donors (Lipinski definition) is 1. The van der Waals surface area contributed by atoms with Gasteiger partial charge in [-0.2, -0.15) is 13.2 Å². The average molecular weight is 492 g/mol. The molecule has 2 unspecified atom stereocenters. The van der Waals surface area contributed by atoms with E-state index in [1.165, 1.54) is 23.1 Å². The number of benzene rings is 2. The van der Waals surface area contributed by atoms with Crippen LogP contribution in [0.1, 0.15) is 40.2 Å².